The highest BCUT2D eigenvalue weighted by molar-refractivity contribution is 6.27. The predicted molar refractivity (Wildman–Crippen MR) is 104 cm³/mol. The molecule has 0 saturated carbocycles. The number of carbonyl (C=O) groups is 1. The fraction of sp³-hybridized carbons (Fsp3) is 0.263. The first-order valence-corrected chi connectivity index (χ1v) is 9.40. The van der Waals surface area contributed by atoms with Crippen molar-refractivity contribution in [1.29, 1.82) is 0 Å². The van der Waals surface area contributed by atoms with Gasteiger partial charge >= 0.3 is 30.2 Å². The Morgan fingerprint density at radius 1 is 0.946 bits per heavy atom. The zero-order valence-corrected chi connectivity index (χ0v) is 17.4. The number of nitrogens with zero attached hydrogens (tertiary/aromatic N) is 3. The first-order valence-electron chi connectivity index (χ1n) is 9.40. The van der Waals surface area contributed by atoms with Crippen LogP contribution >= 0.6 is 0 Å². The zero-order chi connectivity index (χ0) is 28.1. The second-order valence-electron chi connectivity index (χ2n) is 7.39. The van der Waals surface area contributed by atoms with Crippen molar-refractivity contribution in [1.82, 2.24) is 0 Å². The molecular formula is C19H9F8N3O7. The molecule has 10 nitrogen and oxygen atoms in total. The maximum atomic E-state index is 13.8. The van der Waals surface area contributed by atoms with Crippen molar-refractivity contribution in [2.75, 3.05) is 6.61 Å². The van der Waals surface area contributed by atoms with E-state index in [4.69, 9.17) is 0 Å². The monoisotopic (exact) mass is 543 g/mol. The third-order valence-electron chi connectivity index (χ3n) is 5.18. The number of hydrogen-bond acceptors (Lipinski definition) is 8. The molecule has 1 aliphatic carbocycles. The third-order valence-corrected chi connectivity index (χ3v) is 5.18. The number of nitro groups is 2. The summed E-state index contributed by atoms with van der Waals surface area (Å²) >= 11 is 0. The Balaban J connectivity index is 2.09. The summed E-state index contributed by atoms with van der Waals surface area (Å²) in [6.07, 6.45) is -5.21. The van der Waals surface area contributed by atoms with Crippen LogP contribution in [0.2, 0.25) is 0 Å². The minimum atomic E-state index is -6.68. The van der Waals surface area contributed by atoms with Crippen LogP contribution in [0.1, 0.15) is 21.5 Å². The quantitative estimate of drug-likeness (QED) is 0.138. The van der Waals surface area contributed by atoms with E-state index in [1.807, 2.05) is 0 Å². The van der Waals surface area contributed by atoms with Crippen molar-refractivity contribution in [3.05, 3.63) is 67.3 Å². The molecule has 2 aromatic rings. The third kappa shape index (κ3) is 4.27. The number of halogens is 8. The normalized spacial score (nSPS) is 14.5. The fourth-order valence-corrected chi connectivity index (χ4v) is 3.39. The number of esters is 1. The number of fused-ring (bicyclic) bond motifs is 3. The van der Waals surface area contributed by atoms with E-state index in [-0.39, 0.29) is 11.1 Å². The molecule has 0 bridgehead atoms. The number of nitro benzene ring substituents is 2. The SMILES string of the molecule is O=C(OCC(F)(F)C(F)(F)C(F)(F)C(F)F)c1cc([N+](=O)[O-])cc2c1-c1ccc([N+](=O)[O-])cc1C2=NO. The number of non-ortho nitro benzene ring substituents is 2. The van der Waals surface area contributed by atoms with Crippen LogP contribution in [-0.4, -0.2) is 57.5 Å². The van der Waals surface area contributed by atoms with Crippen LogP contribution in [-0.2, 0) is 4.74 Å². The largest absolute Gasteiger partial charge is 0.455 e. The minimum Gasteiger partial charge on any atom is -0.455 e. The molecule has 2 aromatic carbocycles. The Labute approximate surface area is 198 Å². The number of hydrogen-bond donors (Lipinski definition) is 1. The van der Waals surface area contributed by atoms with Gasteiger partial charge in [0.2, 0.25) is 0 Å². The van der Waals surface area contributed by atoms with E-state index in [0.29, 0.717) is 6.07 Å². The number of oxime groups is 1. The van der Waals surface area contributed by atoms with Gasteiger partial charge in [0.25, 0.3) is 11.4 Å². The summed E-state index contributed by atoms with van der Waals surface area (Å²) in [4.78, 5) is 32.9. The lowest BCUT2D eigenvalue weighted by molar-refractivity contribution is -0.385. The van der Waals surface area contributed by atoms with Crippen LogP contribution in [0.25, 0.3) is 11.1 Å². The molecule has 0 saturated heterocycles. The molecule has 18 heteroatoms. The first-order chi connectivity index (χ1) is 17.0. The Kier molecular flexibility index (Phi) is 6.57. The number of ether oxygens (including phenoxy) is 1. The average molecular weight is 543 g/mol. The van der Waals surface area contributed by atoms with Gasteiger partial charge in [-0.1, -0.05) is 5.16 Å². The maximum Gasteiger partial charge on any atom is 0.381 e. The van der Waals surface area contributed by atoms with E-state index >= 15 is 0 Å². The number of rotatable bonds is 8. The summed E-state index contributed by atoms with van der Waals surface area (Å²) in [7, 11) is 0. The fourth-order valence-electron chi connectivity index (χ4n) is 3.39. The zero-order valence-electron chi connectivity index (χ0n) is 17.4. The van der Waals surface area contributed by atoms with Gasteiger partial charge in [0.05, 0.1) is 15.4 Å². The van der Waals surface area contributed by atoms with Crippen LogP contribution in [0.3, 0.4) is 0 Å². The molecule has 1 N–H and O–H groups in total. The lowest BCUT2D eigenvalue weighted by atomic mass is 9.98. The van der Waals surface area contributed by atoms with Crippen molar-refractivity contribution in [3.8, 4) is 11.1 Å². The summed E-state index contributed by atoms with van der Waals surface area (Å²) in [5.74, 6) is -21.2. The van der Waals surface area contributed by atoms with Gasteiger partial charge in [0.1, 0.15) is 5.71 Å². The van der Waals surface area contributed by atoms with Gasteiger partial charge in [-0.15, -0.1) is 0 Å². The van der Waals surface area contributed by atoms with E-state index in [0.717, 1.165) is 24.3 Å². The van der Waals surface area contributed by atoms with Crippen molar-refractivity contribution in [2.24, 2.45) is 5.16 Å². The van der Waals surface area contributed by atoms with Crippen LogP contribution in [0, 0.1) is 20.2 Å². The van der Waals surface area contributed by atoms with Crippen LogP contribution in [0.5, 0.6) is 0 Å². The second-order valence-corrected chi connectivity index (χ2v) is 7.39. The first kappa shape index (κ1) is 27.2. The number of carbonyl (C=O) groups excluding carboxylic acids is 1. The molecule has 37 heavy (non-hydrogen) atoms. The Bertz CT molecular complexity index is 1350. The van der Waals surface area contributed by atoms with Gasteiger partial charge in [0.15, 0.2) is 6.61 Å². The smallest absolute Gasteiger partial charge is 0.381 e. The van der Waals surface area contributed by atoms with E-state index in [1.54, 1.807) is 0 Å². The van der Waals surface area contributed by atoms with Crippen molar-refractivity contribution < 1.29 is 59.7 Å². The highest BCUT2D eigenvalue weighted by Crippen LogP contribution is 2.49. The van der Waals surface area contributed by atoms with Crippen molar-refractivity contribution in [3.63, 3.8) is 0 Å². The van der Waals surface area contributed by atoms with Gasteiger partial charge in [-0.3, -0.25) is 20.2 Å². The predicted octanol–water partition coefficient (Wildman–Crippen LogP) is 5.04. The molecule has 3 rings (SSSR count). The molecule has 0 heterocycles. The van der Waals surface area contributed by atoms with Crippen molar-refractivity contribution in [2.45, 2.75) is 24.2 Å². The molecule has 0 spiro atoms. The van der Waals surface area contributed by atoms with Crippen molar-refractivity contribution >= 4 is 23.1 Å². The summed E-state index contributed by atoms with van der Waals surface area (Å²) in [6.45, 7) is -2.84. The molecule has 0 unspecified atom stereocenters. The van der Waals surface area contributed by atoms with Crippen LogP contribution < -0.4 is 0 Å². The minimum absolute atomic E-state index is 0.170. The standard InChI is InChI=1S/C19H9F8N3O7/c20-16(21)18(24,25)19(26,27)17(22,23)6-37-15(31)12-5-8(30(35)36)4-11-13(12)9-2-1-7(29(33)34)3-10(9)14(11)28-32/h1-5,16,32H,6H2. The lowest BCUT2D eigenvalue weighted by Gasteiger charge is -2.31. The molecule has 0 amide bonds. The average Bonchev–Trinajstić information content (AvgIpc) is 3.14. The van der Waals surface area contributed by atoms with Crippen LogP contribution in [0.15, 0.2) is 35.5 Å². The maximum absolute atomic E-state index is 13.8. The summed E-state index contributed by atoms with van der Waals surface area (Å²) in [5.41, 5.74) is -4.32. The topological polar surface area (TPSA) is 145 Å². The van der Waals surface area contributed by atoms with E-state index in [1.165, 1.54) is 0 Å². The Hall–Kier alpha value is -4.38. The molecule has 0 fully saturated rings. The second kappa shape index (κ2) is 8.93. The summed E-state index contributed by atoms with van der Waals surface area (Å²) in [6, 6.07) is 3.88. The van der Waals surface area contributed by atoms with Gasteiger partial charge in [-0.25, -0.2) is 13.6 Å². The Morgan fingerprint density at radius 3 is 2.03 bits per heavy atom. The molecule has 198 valence electrons. The molecule has 1 aliphatic rings. The van der Waals surface area contributed by atoms with Gasteiger partial charge in [-0.05, 0) is 11.6 Å². The number of alkyl halides is 8. The van der Waals surface area contributed by atoms with Crippen LogP contribution in [0.4, 0.5) is 46.5 Å². The van der Waals surface area contributed by atoms with Gasteiger partial charge in [0, 0.05) is 41.0 Å². The molecule has 0 radical (unpaired) electrons. The Morgan fingerprint density at radius 2 is 1.51 bits per heavy atom. The molecule has 0 aliphatic heterocycles. The summed E-state index contributed by atoms with van der Waals surface area (Å²) in [5, 5.41) is 34.6. The molecule has 0 atom stereocenters. The van der Waals surface area contributed by atoms with E-state index in [2.05, 4.69) is 9.89 Å². The molecule has 0 aromatic heterocycles. The van der Waals surface area contributed by atoms with Gasteiger partial charge in [-0.2, -0.15) is 26.3 Å². The van der Waals surface area contributed by atoms with E-state index in [9.17, 15) is 65.4 Å². The highest BCUT2D eigenvalue weighted by atomic mass is 19.4. The molecular weight excluding hydrogens is 534 g/mol. The van der Waals surface area contributed by atoms with Gasteiger partial charge < -0.3 is 9.94 Å². The highest BCUT2D eigenvalue weighted by Gasteiger charge is 2.75. The number of benzene rings is 2. The lowest BCUT2D eigenvalue weighted by Crippen LogP contribution is -2.59. The summed E-state index contributed by atoms with van der Waals surface area (Å²) < 4.78 is 109. The van der Waals surface area contributed by atoms with E-state index < -0.39 is 80.4 Å².